The molecule has 4 aliphatic rings. The summed E-state index contributed by atoms with van der Waals surface area (Å²) in [6.45, 7) is 3.02. The minimum Gasteiger partial charge on any atom is -0.507 e. The van der Waals surface area contributed by atoms with Crippen molar-refractivity contribution in [3.05, 3.63) is 28.3 Å². The Morgan fingerprint density at radius 3 is 2.33 bits per heavy atom. The third kappa shape index (κ3) is 3.92. The van der Waals surface area contributed by atoms with Crippen molar-refractivity contribution in [2.45, 2.75) is 44.1 Å². The molecule has 6 atom stereocenters. The molecule has 0 aromatic heterocycles. The van der Waals surface area contributed by atoms with E-state index >= 15 is 0 Å². The van der Waals surface area contributed by atoms with Crippen LogP contribution in [0.2, 0.25) is 0 Å². The minimum atomic E-state index is -4.88. The SMILES string of the molecule is CC1CN(Cc2cc(O)c3c(c2C(F)(F)F)C[C@H]2C[C@H]4[C@H](N(C)C)C(=O)C(C(N)=O)C(=O)[C@@]4(O)C(=O)C2C3=O)C1. The number of fused-ring (bicyclic) bond motifs is 3. The monoisotopic (exact) mass is 565 g/mol. The van der Waals surface area contributed by atoms with Gasteiger partial charge in [-0.15, -0.1) is 0 Å². The molecular weight excluding hydrogens is 535 g/mol. The van der Waals surface area contributed by atoms with Crippen molar-refractivity contribution in [1.82, 2.24) is 9.80 Å². The number of aliphatic hydroxyl groups is 1. The van der Waals surface area contributed by atoms with E-state index in [4.69, 9.17) is 5.73 Å². The van der Waals surface area contributed by atoms with E-state index < -0.39 is 99.4 Å². The first-order valence-corrected chi connectivity index (χ1v) is 13.0. The van der Waals surface area contributed by atoms with Crippen LogP contribution in [-0.2, 0) is 38.3 Å². The Morgan fingerprint density at radius 2 is 1.80 bits per heavy atom. The maximum atomic E-state index is 14.5. The fourth-order valence-corrected chi connectivity index (χ4v) is 7.42. The molecule has 1 aliphatic heterocycles. The number of carbonyl (C=O) groups excluding carboxylic acids is 5. The zero-order valence-corrected chi connectivity index (χ0v) is 22.1. The second kappa shape index (κ2) is 9.18. The highest BCUT2D eigenvalue weighted by Crippen LogP contribution is 2.52. The first-order valence-electron chi connectivity index (χ1n) is 13.0. The number of rotatable bonds is 4. The number of nitrogens with two attached hydrogens (primary N) is 1. The van der Waals surface area contributed by atoms with Gasteiger partial charge in [0.15, 0.2) is 34.7 Å². The third-order valence-corrected chi connectivity index (χ3v) is 8.96. The number of hydrogen-bond donors (Lipinski definition) is 3. The predicted molar refractivity (Wildman–Crippen MR) is 131 cm³/mol. The van der Waals surface area contributed by atoms with Gasteiger partial charge in [-0.05, 0) is 56.0 Å². The van der Waals surface area contributed by atoms with Gasteiger partial charge in [-0.2, -0.15) is 13.2 Å². The lowest BCUT2D eigenvalue weighted by Crippen LogP contribution is -2.74. The van der Waals surface area contributed by atoms with E-state index in [1.165, 1.54) is 19.0 Å². The number of alkyl halides is 3. The van der Waals surface area contributed by atoms with Gasteiger partial charge in [0.1, 0.15) is 5.75 Å². The molecule has 0 bridgehead atoms. The number of likely N-dealkylation sites (tertiary alicyclic amines) is 1. The molecule has 0 spiro atoms. The predicted octanol–water partition coefficient (Wildman–Crippen LogP) is 0.338. The molecule has 2 unspecified atom stereocenters. The number of halogens is 3. The normalized spacial score (nSPS) is 33.0. The van der Waals surface area contributed by atoms with E-state index in [9.17, 15) is 47.4 Å². The lowest BCUT2D eigenvalue weighted by molar-refractivity contribution is -0.181. The van der Waals surface area contributed by atoms with E-state index in [1.807, 2.05) is 6.92 Å². The quantitative estimate of drug-likeness (QED) is 0.438. The first kappa shape index (κ1) is 28.4. The molecule has 13 heteroatoms. The van der Waals surface area contributed by atoms with Gasteiger partial charge < -0.3 is 15.9 Å². The Labute approximate surface area is 227 Å². The Bertz CT molecular complexity index is 1350. The molecule has 216 valence electrons. The van der Waals surface area contributed by atoms with Crippen LogP contribution in [0.25, 0.3) is 0 Å². The average Bonchev–Trinajstić information content (AvgIpc) is 2.79. The van der Waals surface area contributed by atoms with Crippen molar-refractivity contribution in [2.24, 2.45) is 35.3 Å². The van der Waals surface area contributed by atoms with E-state index in [2.05, 4.69) is 0 Å². The Hall–Kier alpha value is -3.16. The highest BCUT2D eigenvalue weighted by molar-refractivity contribution is 6.32. The zero-order valence-electron chi connectivity index (χ0n) is 22.1. The standard InChI is InChI=1S/C27H30F3N3O7/c1-10-7-33(8-10)9-12-6-15(34)17-13(19(12)27(28,29)30)4-11-5-14-20(32(2)3)22(36)18(25(31)39)24(38)26(14,40)23(37)16(11)21(17)35/h6,10-11,14,16,18,20,34,40H,4-5,7-9H2,1-3H3,(H2,31,39)/t11-,14-,16?,18?,20-,26-/m0/s1. The number of phenols is 1. The van der Waals surface area contributed by atoms with Crippen LogP contribution in [0.15, 0.2) is 6.07 Å². The topological polar surface area (TPSA) is 158 Å². The van der Waals surface area contributed by atoms with Gasteiger partial charge in [-0.1, -0.05) is 6.92 Å². The number of Topliss-reactive ketones (excluding diaryl/α,β-unsaturated/α-hetero) is 4. The fraction of sp³-hybridized carbons (Fsp3) is 0.593. The number of amides is 1. The lowest BCUT2D eigenvalue weighted by Gasteiger charge is -2.52. The van der Waals surface area contributed by atoms with Crippen molar-refractivity contribution in [3.8, 4) is 5.75 Å². The summed E-state index contributed by atoms with van der Waals surface area (Å²) in [5.41, 5.74) is -0.0113. The number of aromatic hydroxyl groups is 1. The second-order valence-electron chi connectivity index (χ2n) is 11.9. The smallest absolute Gasteiger partial charge is 0.417 e. The molecule has 2 saturated carbocycles. The number of likely N-dealkylation sites (N-methyl/N-ethyl adjacent to an activating group) is 1. The summed E-state index contributed by atoms with van der Waals surface area (Å²) in [5.74, 6) is -13.0. The van der Waals surface area contributed by atoms with Crippen LogP contribution >= 0.6 is 0 Å². The van der Waals surface area contributed by atoms with Gasteiger partial charge in [0.05, 0.1) is 23.1 Å². The van der Waals surface area contributed by atoms with Crippen molar-refractivity contribution in [3.63, 3.8) is 0 Å². The molecule has 10 nitrogen and oxygen atoms in total. The van der Waals surface area contributed by atoms with Crippen LogP contribution in [0.1, 0.15) is 40.4 Å². The maximum Gasteiger partial charge on any atom is 0.417 e. The molecule has 1 amide bonds. The van der Waals surface area contributed by atoms with Crippen LogP contribution in [-0.4, -0.2) is 87.9 Å². The fourth-order valence-electron chi connectivity index (χ4n) is 7.42. The second-order valence-corrected chi connectivity index (χ2v) is 11.9. The number of carbonyl (C=O) groups is 5. The van der Waals surface area contributed by atoms with E-state index in [0.29, 0.717) is 19.0 Å². The molecule has 1 aromatic rings. The van der Waals surface area contributed by atoms with Crippen molar-refractivity contribution in [1.29, 1.82) is 0 Å². The van der Waals surface area contributed by atoms with Gasteiger partial charge >= 0.3 is 6.18 Å². The van der Waals surface area contributed by atoms with E-state index in [-0.39, 0.29) is 18.5 Å². The number of hydrogen-bond acceptors (Lipinski definition) is 9. The molecule has 1 aromatic carbocycles. The molecule has 40 heavy (non-hydrogen) atoms. The molecule has 0 radical (unpaired) electrons. The van der Waals surface area contributed by atoms with Gasteiger partial charge in [-0.3, -0.25) is 33.8 Å². The first-order chi connectivity index (χ1) is 18.5. The molecule has 5 rings (SSSR count). The zero-order chi connectivity index (χ0) is 29.6. The summed E-state index contributed by atoms with van der Waals surface area (Å²) in [5, 5.41) is 22.3. The summed E-state index contributed by atoms with van der Waals surface area (Å²) >= 11 is 0. The molecule has 4 N–H and O–H groups in total. The van der Waals surface area contributed by atoms with E-state index in [1.54, 1.807) is 4.90 Å². The third-order valence-electron chi connectivity index (χ3n) is 8.96. The summed E-state index contributed by atoms with van der Waals surface area (Å²) in [6, 6.07) is -0.444. The maximum absolute atomic E-state index is 14.5. The average molecular weight is 566 g/mol. The lowest BCUT2D eigenvalue weighted by atomic mass is 9.52. The van der Waals surface area contributed by atoms with Crippen molar-refractivity contribution < 1.29 is 47.4 Å². The summed E-state index contributed by atoms with van der Waals surface area (Å²) in [6.07, 6.45) is -5.65. The van der Waals surface area contributed by atoms with Gasteiger partial charge in [0.25, 0.3) is 0 Å². The highest BCUT2D eigenvalue weighted by Gasteiger charge is 2.69. The summed E-state index contributed by atoms with van der Waals surface area (Å²) in [4.78, 5) is 69.0. The number of benzene rings is 1. The number of primary amides is 1. The molecule has 3 aliphatic carbocycles. The van der Waals surface area contributed by atoms with Crippen LogP contribution < -0.4 is 5.73 Å². The molecular formula is C27H30F3N3O7. The van der Waals surface area contributed by atoms with Crippen molar-refractivity contribution in [2.75, 3.05) is 27.2 Å². The molecule has 1 heterocycles. The largest absolute Gasteiger partial charge is 0.507 e. The minimum absolute atomic E-state index is 0.0934. The number of ketones is 4. The summed E-state index contributed by atoms with van der Waals surface area (Å²) < 4.78 is 43.5. The van der Waals surface area contributed by atoms with Gasteiger partial charge in [0.2, 0.25) is 5.91 Å². The summed E-state index contributed by atoms with van der Waals surface area (Å²) in [7, 11) is 2.86. The van der Waals surface area contributed by atoms with Crippen LogP contribution in [0.4, 0.5) is 13.2 Å². The Morgan fingerprint density at radius 1 is 1.18 bits per heavy atom. The van der Waals surface area contributed by atoms with Crippen LogP contribution in [0.5, 0.6) is 5.75 Å². The molecule has 1 saturated heterocycles. The number of phenolic OH excluding ortho intramolecular Hbond substituents is 1. The van der Waals surface area contributed by atoms with Gasteiger partial charge in [0, 0.05) is 25.6 Å². The molecule has 3 fully saturated rings. The van der Waals surface area contributed by atoms with E-state index in [0.717, 1.165) is 6.07 Å². The van der Waals surface area contributed by atoms with Crippen molar-refractivity contribution >= 4 is 29.0 Å². The number of nitrogens with zero attached hydrogens (tertiary/aromatic N) is 2. The van der Waals surface area contributed by atoms with Gasteiger partial charge in [-0.25, -0.2) is 0 Å². The van der Waals surface area contributed by atoms with Crippen LogP contribution in [0, 0.1) is 29.6 Å². The van der Waals surface area contributed by atoms with Crippen LogP contribution in [0.3, 0.4) is 0 Å². The Balaban J connectivity index is 1.64. The highest BCUT2D eigenvalue weighted by atomic mass is 19.4. The Kier molecular flexibility index (Phi) is 6.51.